The molecular weight excluding hydrogens is 272 g/mol. The van der Waals surface area contributed by atoms with Crippen molar-refractivity contribution in [2.45, 2.75) is 64.1 Å². The van der Waals surface area contributed by atoms with Gasteiger partial charge in [0.2, 0.25) is 0 Å². The first-order valence-corrected chi connectivity index (χ1v) is 7.69. The molecule has 5 heteroatoms. The number of hydrogen-bond acceptors (Lipinski definition) is 3. The van der Waals surface area contributed by atoms with Crippen LogP contribution in [0.25, 0.3) is 0 Å². The van der Waals surface area contributed by atoms with Crippen molar-refractivity contribution in [2.75, 3.05) is 0 Å². The molecule has 1 saturated heterocycles. The van der Waals surface area contributed by atoms with Crippen LogP contribution in [0, 0.1) is 0 Å². The minimum Gasteiger partial charge on any atom is -0.399 e. The molecule has 0 bridgehead atoms. The summed E-state index contributed by atoms with van der Waals surface area (Å²) in [5.74, 6) is 0.505. The topological polar surface area (TPSA) is 31.4 Å². The van der Waals surface area contributed by atoms with Gasteiger partial charge in [-0.3, -0.25) is 0 Å². The summed E-state index contributed by atoms with van der Waals surface area (Å²) in [6.07, 6.45) is 5.36. The van der Waals surface area contributed by atoms with E-state index in [0.717, 1.165) is 11.0 Å². The fourth-order valence-electron chi connectivity index (χ4n) is 2.74. The molecule has 1 aromatic rings. The zero-order valence-corrected chi connectivity index (χ0v) is 13.3. The first-order chi connectivity index (χ1) is 9.32. The second kappa shape index (κ2) is 4.72. The van der Waals surface area contributed by atoms with Gasteiger partial charge in [0.05, 0.1) is 11.2 Å². The Morgan fingerprint density at radius 1 is 1.20 bits per heavy atom. The van der Waals surface area contributed by atoms with E-state index in [1.165, 1.54) is 19.3 Å². The van der Waals surface area contributed by atoms with Gasteiger partial charge in [0.25, 0.3) is 0 Å². The highest BCUT2D eigenvalue weighted by molar-refractivity contribution is 6.63. The van der Waals surface area contributed by atoms with Gasteiger partial charge in [-0.1, -0.05) is 18.0 Å². The maximum absolute atomic E-state index is 6.34. The summed E-state index contributed by atoms with van der Waals surface area (Å²) < 4.78 is 12.3. The Hall–Kier alpha value is -0.575. The van der Waals surface area contributed by atoms with E-state index in [0.29, 0.717) is 11.1 Å². The van der Waals surface area contributed by atoms with E-state index in [1.807, 2.05) is 6.07 Å². The lowest BCUT2D eigenvalue weighted by molar-refractivity contribution is 0.00578. The number of halogens is 1. The molecule has 0 amide bonds. The van der Waals surface area contributed by atoms with E-state index in [-0.39, 0.29) is 18.3 Å². The van der Waals surface area contributed by atoms with Crippen molar-refractivity contribution in [3.8, 4) is 0 Å². The van der Waals surface area contributed by atoms with E-state index in [2.05, 4.69) is 32.7 Å². The number of nitrogens with zero attached hydrogens (tertiary/aromatic N) is 1. The van der Waals surface area contributed by atoms with Crippen molar-refractivity contribution >= 4 is 24.2 Å². The maximum atomic E-state index is 6.34. The average molecular weight is 294 g/mol. The lowest BCUT2D eigenvalue weighted by Gasteiger charge is -2.32. The molecule has 20 heavy (non-hydrogen) atoms. The number of pyridine rings is 1. The lowest BCUT2D eigenvalue weighted by Crippen LogP contribution is -2.41. The van der Waals surface area contributed by atoms with Crippen LogP contribution in [0.1, 0.15) is 58.4 Å². The Morgan fingerprint density at radius 3 is 2.30 bits per heavy atom. The van der Waals surface area contributed by atoms with Gasteiger partial charge in [0.1, 0.15) is 5.15 Å². The molecule has 108 valence electrons. The molecule has 1 aliphatic carbocycles. The SMILES string of the molecule is CC1(C)OB(c2ccnc(Cl)c2C2CCC2)OC1(C)C. The predicted octanol–water partition coefficient (Wildman–Crippen LogP) is 3.30. The molecule has 0 atom stereocenters. The molecule has 2 heterocycles. The number of rotatable bonds is 2. The van der Waals surface area contributed by atoms with Crippen LogP contribution in [0.2, 0.25) is 5.15 Å². The third-order valence-corrected chi connectivity index (χ3v) is 5.30. The van der Waals surface area contributed by atoms with Crippen LogP contribution >= 0.6 is 11.6 Å². The molecule has 0 unspecified atom stereocenters. The molecule has 0 aromatic carbocycles. The molecule has 2 fully saturated rings. The second-order valence-electron chi connectivity index (χ2n) is 6.82. The Bertz CT molecular complexity index is 513. The van der Waals surface area contributed by atoms with E-state index in [9.17, 15) is 0 Å². The van der Waals surface area contributed by atoms with Crippen LogP contribution in [0.15, 0.2) is 12.3 Å². The minimum atomic E-state index is -0.351. The highest BCUT2D eigenvalue weighted by Gasteiger charge is 2.52. The fourth-order valence-corrected chi connectivity index (χ4v) is 3.06. The van der Waals surface area contributed by atoms with Gasteiger partial charge < -0.3 is 9.31 Å². The first kappa shape index (κ1) is 14.4. The summed E-state index contributed by atoms with van der Waals surface area (Å²) >= 11 is 6.34. The summed E-state index contributed by atoms with van der Waals surface area (Å²) in [6.45, 7) is 8.27. The fraction of sp³-hybridized carbons (Fsp3) is 0.667. The Kier molecular flexibility index (Phi) is 3.39. The molecule has 0 radical (unpaired) electrons. The van der Waals surface area contributed by atoms with Crippen LogP contribution < -0.4 is 5.46 Å². The number of aromatic nitrogens is 1. The van der Waals surface area contributed by atoms with Gasteiger partial charge >= 0.3 is 7.12 Å². The van der Waals surface area contributed by atoms with E-state index in [4.69, 9.17) is 20.9 Å². The molecule has 3 rings (SSSR count). The Morgan fingerprint density at radius 2 is 1.80 bits per heavy atom. The van der Waals surface area contributed by atoms with Gasteiger partial charge in [0, 0.05) is 6.20 Å². The van der Waals surface area contributed by atoms with Gasteiger partial charge in [-0.15, -0.1) is 0 Å². The highest BCUT2D eigenvalue weighted by Crippen LogP contribution is 2.41. The molecular formula is C15H21BClNO2. The summed E-state index contributed by atoms with van der Waals surface area (Å²) in [5, 5.41) is 0.599. The summed E-state index contributed by atoms with van der Waals surface area (Å²) in [6, 6.07) is 1.99. The van der Waals surface area contributed by atoms with Gasteiger partial charge in [-0.25, -0.2) is 4.98 Å². The zero-order valence-electron chi connectivity index (χ0n) is 12.6. The third-order valence-electron chi connectivity index (χ3n) is 5.00. The predicted molar refractivity (Wildman–Crippen MR) is 81.6 cm³/mol. The van der Waals surface area contributed by atoms with E-state index < -0.39 is 0 Å². The molecule has 0 spiro atoms. The zero-order chi connectivity index (χ0) is 14.5. The largest absolute Gasteiger partial charge is 0.495 e. The van der Waals surface area contributed by atoms with Gasteiger partial charge in [0.15, 0.2) is 0 Å². The van der Waals surface area contributed by atoms with Crippen molar-refractivity contribution in [3.63, 3.8) is 0 Å². The van der Waals surface area contributed by atoms with Gasteiger partial charge in [-0.05, 0) is 63.5 Å². The summed E-state index contributed by atoms with van der Waals surface area (Å²) in [5.41, 5.74) is 1.52. The highest BCUT2D eigenvalue weighted by atomic mass is 35.5. The van der Waals surface area contributed by atoms with Crippen LogP contribution in [0.4, 0.5) is 0 Å². The van der Waals surface area contributed by atoms with Crippen LogP contribution in [0.3, 0.4) is 0 Å². The molecule has 1 aliphatic heterocycles. The first-order valence-electron chi connectivity index (χ1n) is 7.32. The van der Waals surface area contributed by atoms with Crippen molar-refractivity contribution in [1.82, 2.24) is 4.98 Å². The standard InChI is InChI=1S/C15H21BClNO2/c1-14(2)15(3,4)20-16(19-14)11-8-9-18-13(17)12(11)10-6-5-7-10/h8-10H,5-7H2,1-4H3. The van der Waals surface area contributed by atoms with Gasteiger partial charge in [-0.2, -0.15) is 0 Å². The lowest BCUT2D eigenvalue weighted by atomic mass is 9.69. The van der Waals surface area contributed by atoms with Crippen LogP contribution in [0.5, 0.6) is 0 Å². The maximum Gasteiger partial charge on any atom is 0.495 e. The Labute approximate surface area is 126 Å². The van der Waals surface area contributed by atoms with Crippen LogP contribution in [-0.2, 0) is 9.31 Å². The minimum absolute atomic E-state index is 0.329. The molecule has 1 aromatic heterocycles. The smallest absolute Gasteiger partial charge is 0.399 e. The normalized spacial score (nSPS) is 24.8. The molecule has 3 nitrogen and oxygen atoms in total. The molecule has 1 saturated carbocycles. The summed E-state index contributed by atoms with van der Waals surface area (Å²) in [7, 11) is -0.351. The van der Waals surface area contributed by atoms with E-state index >= 15 is 0 Å². The quantitative estimate of drug-likeness (QED) is 0.619. The van der Waals surface area contributed by atoms with Crippen LogP contribution in [-0.4, -0.2) is 23.3 Å². The monoisotopic (exact) mass is 293 g/mol. The number of hydrogen-bond donors (Lipinski definition) is 0. The van der Waals surface area contributed by atoms with E-state index in [1.54, 1.807) is 6.20 Å². The average Bonchev–Trinajstić information content (AvgIpc) is 2.48. The second-order valence-corrected chi connectivity index (χ2v) is 7.18. The van der Waals surface area contributed by atoms with Crippen molar-refractivity contribution < 1.29 is 9.31 Å². The molecule has 2 aliphatic rings. The van der Waals surface area contributed by atoms with Crippen molar-refractivity contribution in [3.05, 3.63) is 23.0 Å². The third kappa shape index (κ3) is 2.18. The Balaban J connectivity index is 1.97. The van der Waals surface area contributed by atoms with Crippen molar-refractivity contribution in [1.29, 1.82) is 0 Å². The summed E-state index contributed by atoms with van der Waals surface area (Å²) in [4.78, 5) is 4.24. The molecule has 0 N–H and O–H groups in total. The van der Waals surface area contributed by atoms with Crippen molar-refractivity contribution in [2.24, 2.45) is 0 Å².